The second kappa shape index (κ2) is 4.06. The zero-order valence-electron chi connectivity index (χ0n) is 6.22. The number of hydrogen-bond acceptors (Lipinski definition) is 2. The number of imidazole rings is 1. The second-order valence-electron chi connectivity index (χ2n) is 2.21. The predicted molar refractivity (Wildman–Crippen MR) is 40.6 cm³/mol. The molecule has 2 N–H and O–H groups in total. The molecule has 0 aliphatic carbocycles. The standard InChI is InChI=1S/C7H13N3/c1-2-3-8-6-7-9-4-5-10-7/h4-5,8H,2-3,6H2,1H3,(H,9,10). The summed E-state index contributed by atoms with van der Waals surface area (Å²) in [5.74, 6) is 1.01. The second-order valence-corrected chi connectivity index (χ2v) is 2.21. The Morgan fingerprint density at radius 1 is 1.70 bits per heavy atom. The number of nitrogens with one attached hydrogen (secondary N) is 2. The average Bonchev–Trinajstić information content (AvgIpc) is 2.41. The average molecular weight is 139 g/mol. The molecule has 0 fully saturated rings. The normalized spacial score (nSPS) is 10.1. The molecule has 0 spiro atoms. The highest BCUT2D eigenvalue weighted by Crippen LogP contribution is 1.85. The van der Waals surface area contributed by atoms with Crippen LogP contribution in [-0.4, -0.2) is 16.5 Å². The number of aromatic amines is 1. The van der Waals surface area contributed by atoms with Crippen molar-refractivity contribution in [3.8, 4) is 0 Å². The summed E-state index contributed by atoms with van der Waals surface area (Å²) < 4.78 is 0. The molecular weight excluding hydrogens is 126 g/mol. The Balaban J connectivity index is 2.15. The lowest BCUT2D eigenvalue weighted by molar-refractivity contribution is 0.655. The summed E-state index contributed by atoms with van der Waals surface area (Å²) in [4.78, 5) is 7.09. The quantitative estimate of drug-likeness (QED) is 0.609. The van der Waals surface area contributed by atoms with E-state index >= 15 is 0 Å². The van der Waals surface area contributed by atoms with Gasteiger partial charge in [0, 0.05) is 12.4 Å². The molecule has 0 aliphatic rings. The monoisotopic (exact) mass is 139 g/mol. The number of rotatable bonds is 4. The van der Waals surface area contributed by atoms with E-state index in [1.165, 1.54) is 6.42 Å². The third-order valence-corrected chi connectivity index (χ3v) is 1.27. The maximum atomic E-state index is 4.07. The predicted octanol–water partition coefficient (Wildman–Crippen LogP) is 0.909. The Morgan fingerprint density at radius 2 is 2.60 bits per heavy atom. The van der Waals surface area contributed by atoms with E-state index in [-0.39, 0.29) is 0 Å². The molecule has 0 amide bonds. The Kier molecular flexibility index (Phi) is 2.96. The van der Waals surface area contributed by atoms with Crippen LogP contribution in [0.4, 0.5) is 0 Å². The minimum absolute atomic E-state index is 0.848. The van der Waals surface area contributed by atoms with E-state index in [0.29, 0.717) is 0 Å². The van der Waals surface area contributed by atoms with Crippen molar-refractivity contribution in [1.29, 1.82) is 0 Å². The summed E-state index contributed by atoms with van der Waals surface area (Å²) in [7, 11) is 0. The summed E-state index contributed by atoms with van der Waals surface area (Å²) in [6, 6.07) is 0. The van der Waals surface area contributed by atoms with Crippen molar-refractivity contribution in [2.45, 2.75) is 19.9 Å². The van der Waals surface area contributed by atoms with Gasteiger partial charge in [-0.2, -0.15) is 0 Å². The smallest absolute Gasteiger partial charge is 0.120 e. The third kappa shape index (κ3) is 2.19. The topological polar surface area (TPSA) is 40.7 Å². The minimum atomic E-state index is 0.848. The molecule has 0 atom stereocenters. The maximum absolute atomic E-state index is 4.07. The molecule has 0 saturated heterocycles. The fourth-order valence-corrected chi connectivity index (χ4v) is 0.778. The highest BCUT2D eigenvalue weighted by Gasteiger charge is 1.90. The highest BCUT2D eigenvalue weighted by molar-refractivity contribution is 4.85. The van der Waals surface area contributed by atoms with Gasteiger partial charge in [0.1, 0.15) is 5.82 Å². The Bertz CT molecular complexity index is 157. The van der Waals surface area contributed by atoms with Gasteiger partial charge in [-0.25, -0.2) is 4.98 Å². The van der Waals surface area contributed by atoms with Crippen molar-refractivity contribution < 1.29 is 0 Å². The van der Waals surface area contributed by atoms with E-state index < -0.39 is 0 Å². The SMILES string of the molecule is CCCNCc1ncc[nH]1. The Morgan fingerprint density at radius 3 is 3.20 bits per heavy atom. The lowest BCUT2D eigenvalue weighted by Gasteiger charge is -1.97. The first-order chi connectivity index (χ1) is 4.93. The van der Waals surface area contributed by atoms with Crippen molar-refractivity contribution in [1.82, 2.24) is 15.3 Å². The van der Waals surface area contributed by atoms with E-state index in [4.69, 9.17) is 0 Å². The van der Waals surface area contributed by atoms with Crippen molar-refractivity contribution in [3.05, 3.63) is 18.2 Å². The molecule has 0 saturated carbocycles. The van der Waals surface area contributed by atoms with Gasteiger partial charge in [0.05, 0.1) is 6.54 Å². The fraction of sp³-hybridized carbons (Fsp3) is 0.571. The molecule has 3 heteroatoms. The molecule has 0 radical (unpaired) electrons. The van der Waals surface area contributed by atoms with Gasteiger partial charge in [0.15, 0.2) is 0 Å². The molecule has 1 rings (SSSR count). The van der Waals surface area contributed by atoms with Crippen LogP contribution in [0.1, 0.15) is 19.2 Å². The summed E-state index contributed by atoms with van der Waals surface area (Å²) in [5.41, 5.74) is 0. The molecule has 0 bridgehead atoms. The molecule has 56 valence electrons. The number of aromatic nitrogens is 2. The van der Waals surface area contributed by atoms with Gasteiger partial charge in [-0.3, -0.25) is 0 Å². The Labute approximate surface area is 60.9 Å². The van der Waals surface area contributed by atoms with Gasteiger partial charge in [-0.05, 0) is 13.0 Å². The summed E-state index contributed by atoms with van der Waals surface area (Å²) in [5, 5.41) is 3.24. The first kappa shape index (κ1) is 7.28. The van der Waals surface area contributed by atoms with E-state index in [9.17, 15) is 0 Å². The van der Waals surface area contributed by atoms with Crippen LogP contribution in [0.25, 0.3) is 0 Å². The van der Waals surface area contributed by atoms with Crippen LogP contribution in [0.2, 0.25) is 0 Å². The van der Waals surface area contributed by atoms with Crippen LogP contribution < -0.4 is 5.32 Å². The van der Waals surface area contributed by atoms with E-state index in [2.05, 4.69) is 22.2 Å². The molecular formula is C7H13N3. The zero-order chi connectivity index (χ0) is 7.23. The Hall–Kier alpha value is -0.830. The van der Waals surface area contributed by atoms with Crippen molar-refractivity contribution in [2.24, 2.45) is 0 Å². The minimum Gasteiger partial charge on any atom is -0.348 e. The van der Waals surface area contributed by atoms with Crippen LogP contribution in [0.15, 0.2) is 12.4 Å². The van der Waals surface area contributed by atoms with Crippen molar-refractivity contribution in [2.75, 3.05) is 6.54 Å². The molecule has 0 aliphatic heterocycles. The van der Waals surface area contributed by atoms with Crippen molar-refractivity contribution >= 4 is 0 Å². The van der Waals surface area contributed by atoms with Crippen LogP contribution >= 0.6 is 0 Å². The first-order valence-corrected chi connectivity index (χ1v) is 3.62. The van der Waals surface area contributed by atoms with Gasteiger partial charge in [-0.15, -0.1) is 0 Å². The number of H-pyrrole nitrogens is 1. The van der Waals surface area contributed by atoms with E-state index in [0.717, 1.165) is 18.9 Å². The van der Waals surface area contributed by atoms with Gasteiger partial charge in [0.2, 0.25) is 0 Å². The first-order valence-electron chi connectivity index (χ1n) is 3.62. The number of nitrogens with zero attached hydrogens (tertiary/aromatic N) is 1. The zero-order valence-corrected chi connectivity index (χ0v) is 6.22. The van der Waals surface area contributed by atoms with Crippen LogP contribution in [0, 0.1) is 0 Å². The molecule has 3 nitrogen and oxygen atoms in total. The molecule has 1 heterocycles. The molecule has 10 heavy (non-hydrogen) atoms. The van der Waals surface area contributed by atoms with Gasteiger partial charge < -0.3 is 10.3 Å². The van der Waals surface area contributed by atoms with Crippen LogP contribution in [-0.2, 0) is 6.54 Å². The summed E-state index contributed by atoms with van der Waals surface area (Å²) >= 11 is 0. The third-order valence-electron chi connectivity index (χ3n) is 1.27. The molecule has 0 unspecified atom stereocenters. The fourth-order valence-electron chi connectivity index (χ4n) is 0.778. The highest BCUT2D eigenvalue weighted by atomic mass is 15.0. The van der Waals surface area contributed by atoms with E-state index in [1.807, 2.05) is 6.20 Å². The lowest BCUT2D eigenvalue weighted by Crippen LogP contribution is -2.14. The van der Waals surface area contributed by atoms with Gasteiger partial charge >= 0.3 is 0 Å². The van der Waals surface area contributed by atoms with E-state index in [1.54, 1.807) is 6.20 Å². The lowest BCUT2D eigenvalue weighted by atomic mass is 10.5. The molecule has 1 aromatic rings. The van der Waals surface area contributed by atoms with Crippen LogP contribution in [0.3, 0.4) is 0 Å². The number of hydrogen-bond donors (Lipinski definition) is 2. The molecule has 1 aromatic heterocycles. The summed E-state index contributed by atoms with van der Waals surface area (Å²) in [6.07, 6.45) is 4.77. The largest absolute Gasteiger partial charge is 0.348 e. The summed E-state index contributed by atoms with van der Waals surface area (Å²) in [6.45, 7) is 4.05. The van der Waals surface area contributed by atoms with Gasteiger partial charge in [-0.1, -0.05) is 6.92 Å². The van der Waals surface area contributed by atoms with Crippen LogP contribution in [0.5, 0.6) is 0 Å². The molecule has 0 aromatic carbocycles. The van der Waals surface area contributed by atoms with Gasteiger partial charge in [0.25, 0.3) is 0 Å². The maximum Gasteiger partial charge on any atom is 0.120 e. The van der Waals surface area contributed by atoms with Crippen molar-refractivity contribution in [3.63, 3.8) is 0 Å².